The maximum atomic E-state index is 12.8. The van der Waals surface area contributed by atoms with Gasteiger partial charge in [0.05, 0.1) is 6.26 Å². The van der Waals surface area contributed by atoms with Gasteiger partial charge in [-0.05, 0) is 42.5 Å². The summed E-state index contributed by atoms with van der Waals surface area (Å²) in [6.07, 6.45) is 1.03. The van der Waals surface area contributed by atoms with Crippen molar-refractivity contribution in [3.63, 3.8) is 0 Å². The molecule has 0 bridgehead atoms. The highest BCUT2D eigenvalue weighted by Crippen LogP contribution is 2.14. The van der Waals surface area contributed by atoms with E-state index in [0.717, 1.165) is 6.26 Å². The molecule has 0 aliphatic rings. The standard InChI is InChI=1S/C14H13FN2O3S/c1-21(19,20)17-13-4-2-3-10(9-13)14(18)16-12-7-5-11(15)6-8-12/h2-9,17H,1H3,(H,16,18). The van der Waals surface area contributed by atoms with E-state index >= 15 is 0 Å². The molecule has 0 spiro atoms. The van der Waals surface area contributed by atoms with Crippen LogP contribution in [-0.2, 0) is 10.0 Å². The molecule has 2 N–H and O–H groups in total. The average molecular weight is 308 g/mol. The Morgan fingerprint density at radius 1 is 1.05 bits per heavy atom. The Balaban J connectivity index is 2.16. The fraction of sp³-hybridized carbons (Fsp3) is 0.0714. The molecule has 7 heteroatoms. The van der Waals surface area contributed by atoms with Crippen LogP contribution in [0, 0.1) is 5.82 Å². The van der Waals surface area contributed by atoms with Crippen LogP contribution in [0.15, 0.2) is 48.5 Å². The average Bonchev–Trinajstić information content (AvgIpc) is 2.40. The molecule has 0 aliphatic heterocycles. The van der Waals surface area contributed by atoms with Gasteiger partial charge in [-0.1, -0.05) is 6.07 Å². The van der Waals surface area contributed by atoms with Crippen LogP contribution in [0.5, 0.6) is 0 Å². The van der Waals surface area contributed by atoms with Crippen LogP contribution in [0.3, 0.4) is 0 Å². The van der Waals surface area contributed by atoms with Crippen molar-refractivity contribution in [2.75, 3.05) is 16.3 Å². The molecule has 0 aliphatic carbocycles. The smallest absolute Gasteiger partial charge is 0.255 e. The number of hydrogen-bond acceptors (Lipinski definition) is 3. The summed E-state index contributed by atoms with van der Waals surface area (Å²) in [4.78, 5) is 12.0. The number of hydrogen-bond donors (Lipinski definition) is 2. The lowest BCUT2D eigenvalue weighted by atomic mass is 10.2. The molecule has 2 rings (SSSR count). The molecule has 2 aromatic rings. The Bertz CT molecular complexity index is 758. The third-order valence-electron chi connectivity index (χ3n) is 2.53. The molecule has 0 atom stereocenters. The fourth-order valence-electron chi connectivity index (χ4n) is 1.67. The van der Waals surface area contributed by atoms with Crippen molar-refractivity contribution in [3.05, 3.63) is 59.9 Å². The molecule has 0 unspecified atom stereocenters. The summed E-state index contributed by atoms with van der Waals surface area (Å²) in [5, 5.41) is 2.59. The molecule has 1 amide bonds. The highest BCUT2D eigenvalue weighted by molar-refractivity contribution is 7.92. The van der Waals surface area contributed by atoms with E-state index in [1.165, 1.54) is 36.4 Å². The van der Waals surface area contributed by atoms with Gasteiger partial charge in [0.25, 0.3) is 5.91 Å². The second-order valence-corrected chi connectivity index (χ2v) is 6.16. The second kappa shape index (κ2) is 5.92. The molecule has 2 aromatic carbocycles. The van der Waals surface area contributed by atoms with Gasteiger partial charge < -0.3 is 5.32 Å². The van der Waals surface area contributed by atoms with Crippen molar-refractivity contribution in [3.8, 4) is 0 Å². The zero-order valence-corrected chi connectivity index (χ0v) is 11.9. The van der Waals surface area contributed by atoms with Gasteiger partial charge in [-0.15, -0.1) is 0 Å². The van der Waals surface area contributed by atoms with Crippen molar-refractivity contribution >= 4 is 27.3 Å². The van der Waals surface area contributed by atoms with Crippen LogP contribution >= 0.6 is 0 Å². The number of halogens is 1. The van der Waals surface area contributed by atoms with E-state index in [1.807, 2.05) is 0 Å². The highest BCUT2D eigenvalue weighted by Gasteiger charge is 2.08. The number of nitrogens with one attached hydrogen (secondary N) is 2. The third kappa shape index (κ3) is 4.57. The quantitative estimate of drug-likeness (QED) is 0.911. The predicted octanol–water partition coefficient (Wildman–Crippen LogP) is 2.45. The van der Waals surface area contributed by atoms with Crippen molar-refractivity contribution in [1.29, 1.82) is 0 Å². The Labute approximate surface area is 121 Å². The number of benzene rings is 2. The first-order valence-corrected chi connectivity index (χ1v) is 7.87. The van der Waals surface area contributed by atoms with Crippen molar-refractivity contribution < 1.29 is 17.6 Å². The van der Waals surface area contributed by atoms with Gasteiger partial charge in [0, 0.05) is 16.9 Å². The van der Waals surface area contributed by atoms with Crippen LogP contribution in [0.1, 0.15) is 10.4 Å². The van der Waals surface area contributed by atoms with E-state index in [4.69, 9.17) is 0 Å². The SMILES string of the molecule is CS(=O)(=O)Nc1cccc(C(=O)Nc2ccc(F)cc2)c1. The summed E-state index contributed by atoms with van der Waals surface area (Å²) in [6, 6.07) is 11.4. The van der Waals surface area contributed by atoms with E-state index < -0.39 is 21.7 Å². The lowest BCUT2D eigenvalue weighted by Gasteiger charge is -2.08. The van der Waals surface area contributed by atoms with E-state index in [0.29, 0.717) is 11.4 Å². The molecule has 0 aromatic heterocycles. The topological polar surface area (TPSA) is 75.3 Å². The van der Waals surface area contributed by atoms with Gasteiger partial charge in [0.1, 0.15) is 5.82 Å². The van der Waals surface area contributed by atoms with Crippen LogP contribution in [0.25, 0.3) is 0 Å². The second-order valence-electron chi connectivity index (χ2n) is 4.42. The number of anilines is 2. The first-order valence-electron chi connectivity index (χ1n) is 5.98. The van der Waals surface area contributed by atoms with Gasteiger partial charge in [0.15, 0.2) is 0 Å². The Hall–Kier alpha value is -2.41. The van der Waals surface area contributed by atoms with E-state index in [2.05, 4.69) is 10.0 Å². The molecular weight excluding hydrogens is 295 g/mol. The minimum atomic E-state index is -3.41. The molecule has 0 saturated heterocycles. The molecule has 0 radical (unpaired) electrons. The van der Waals surface area contributed by atoms with Crippen LogP contribution in [-0.4, -0.2) is 20.6 Å². The van der Waals surface area contributed by atoms with Crippen molar-refractivity contribution in [1.82, 2.24) is 0 Å². The van der Waals surface area contributed by atoms with E-state index in [9.17, 15) is 17.6 Å². The molecule has 110 valence electrons. The number of carbonyl (C=O) groups is 1. The minimum Gasteiger partial charge on any atom is -0.322 e. The maximum absolute atomic E-state index is 12.8. The van der Waals surface area contributed by atoms with Gasteiger partial charge in [-0.25, -0.2) is 12.8 Å². The lowest BCUT2D eigenvalue weighted by Crippen LogP contribution is -2.13. The maximum Gasteiger partial charge on any atom is 0.255 e. The normalized spacial score (nSPS) is 11.0. The molecule has 0 saturated carbocycles. The lowest BCUT2D eigenvalue weighted by molar-refractivity contribution is 0.102. The molecule has 0 heterocycles. The van der Waals surface area contributed by atoms with Gasteiger partial charge >= 0.3 is 0 Å². The molecule has 5 nitrogen and oxygen atoms in total. The Morgan fingerprint density at radius 2 is 1.71 bits per heavy atom. The summed E-state index contributed by atoms with van der Waals surface area (Å²) in [7, 11) is -3.41. The van der Waals surface area contributed by atoms with Crippen LogP contribution < -0.4 is 10.0 Å². The zero-order valence-electron chi connectivity index (χ0n) is 11.1. The fourth-order valence-corrected chi connectivity index (χ4v) is 2.23. The monoisotopic (exact) mass is 308 g/mol. The summed E-state index contributed by atoms with van der Waals surface area (Å²) in [5.74, 6) is -0.814. The van der Waals surface area contributed by atoms with Crippen LogP contribution in [0.4, 0.5) is 15.8 Å². The first-order chi connectivity index (χ1) is 9.83. The van der Waals surface area contributed by atoms with E-state index in [1.54, 1.807) is 12.1 Å². The van der Waals surface area contributed by atoms with Crippen LogP contribution in [0.2, 0.25) is 0 Å². The number of carbonyl (C=O) groups excluding carboxylic acids is 1. The van der Waals surface area contributed by atoms with Crippen molar-refractivity contribution in [2.45, 2.75) is 0 Å². The summed E-state index contributed by atoms with van der Waals surface area (Å²) < 4.78 is 37.4. The predicted molar refractivity (Wildman–Crippen MR) is 79.3 cm³/mol. The molecule has 0 fully saturated rings. The van der Waals surface area contributed by atoms with Crippen molar-refractivity contribution in [2.24, 2.45) is 0 Å². The number of sulfonamides is 1. The first kappa shape index (κ1) is 15.0. The summed E-state index contributed by atoms with van der Waals surface area (Å²) in [6.45, 7) is 0. The Morgan fingerprint density at radius 3 is 2.33 bits per heavy atom. The van der Waals surface area contributed by atoms with Gasteiger partial charge in [0.2, 0.25) is 10.0 Å². The Kier molecular flexibility index (Phi) is 4.23. The zero-order chi connectivity index (χ0) is 15.5. The minimum absolute atomic E-state index is 0.285. The summed E-state index contributed by atoms with van der Waals surface area (Å²) >= 11 is 0. The number of rotatable bonds is 4. The highest BCUT2D eigenvalue weighted by atomic mass is 32.2. The summed E-state index contributed by atoms with van der Waals surface area (Å²) in [5.41, 5.74) is 1.03. The number of amides is 1. The molecule has 21 heavy (non-hydrogen) atoms. The molecular formula is C14H13FN2O3S. The third-order valence-corrected chi connectivity index (χ3v) is 3.14. The van der Waals surface area contributed by atoms with E-state index in [-0.39, 0.29) is 5.56 Å². The largest absolute Gasteiger partial charge is 0.322 e. The van der Waals surface area contributed by atoms with Gasteiger partial charge in [-0.3, -0.25) is 9.52 Å². The van der Waals surface area contributed by atoms with Gasteiger partial charge in [-0.2, -0.15) is 0 Å².